The fourth-order valence-corrected chi connectivity index (χ4v) is 4.52. The highest BCUT2D eigenvalue weighted by Crippen LogP contribution is 2.26. The van der Waals surface area contributed by atoms with Gasteiger partial charge in [0.25, 0.3) is 5.91 Å². The fourth-order valence-electron chi connectivity index (χ4n) is 4.32. The Morgan fingerprint density at radius 1 is 1.07 bits per heavy atom. The molecule has 6 heteroatoms. The van der Waals surface area contributed by atoms with Crippen molar-refractivity contribution in [3.8, 4) is 0 Å². The van der Waals surface area contributed by atoms with Crippen LogP contribution in [0.1, 0.15) is 39.3 Å². The Balaban J connectivity index is 1.43. The van der Waals surface area contributed by atoms with Gasteiger partial charge in [-0.05, 0) is 48.9 Å². The number of aryl methyl sites for hydroxylation is 1. The van der Waals surface area contributed by atoms with Gasteiger partial charge in [0, 0.05) is 46.5 Å². The molecule has 0 fully saturated rings. The molecule has 1 aliphatic rings. The van der Waals surface area contributed by atoms with Crippen molar-refractivity contribution in [2.45, 2.75) is 32.2 Å². The number of para-hydroxylation sites is 1. The number of hydrogen-bond donors (Lipinski definition) is 2. The number of nitrogens with one attached hydrogen (secondary N) is 2. The van der Waals surface area contributed by atoms with Gasteiger partial charge < -0.3 is 9.88 Å². The molecule has 0 unspecified atom stereocenters. The zero-order valence-corrected chi connectivity index (χ0v) is 17.4. The second-order valence-electron chi connectivity index (χ2n) is 7.81. The third kappa shape index (κ3) is 3.50. The van der Waals surface area contributed by atoms with Crippen LogP contribution in [0.3, 0.4) is 0 Å². The van der Waals surface area contributed by atoms with Gasteiger partial charge in [-0.3, -0.25) is 9.89 Å². The SMILES string of the molecule is O=C(c1n[nH]c2c1CCC2)N(CCc1c[nH]c2ccccc12)Cc1ccccc1Cl. The molecule has 0 bridgehead atoms. The Bertz CT molecular complexity index is 1210. The maximum atomic E-state index is 13.5. The Labute approximate surface area is 180 Å². The molecule has 0 aliphatic heterocycles. The van der Waals surface area contributed by atoms with E-state index in [2.05, 4.69) is 27.3 Å². The van der Waals surface area contributed by atoms with Gasteiger partial charge in [0.05, 0.1) is 0 Å². The molecular weight excluding hydrogens is 396 g/mol. The summed E-state index contributed by atoms with van der Waals surface area (Å²) in [5, 5.41) is 9.30. The van der Waals surface area contributed by atoms with Crippen LogP contribution in [0.4, 0.5) is 0 Å². The van der Waals surface area contributed by atoms with Crippen molar-refractivity contribution in [2.75, 3.05) is 6.54 Å². The molecule has 2 aromatic carbocycles. The van der Waals surface area contributed by atoms with E-state index in [-0.39, 0.29) is 5.91 Å². The molecule has 0 spiro atoms. The third-order valence-corrected chi connectivity index (χ3v) is 6.31. The van der Waals surface area contributed by atoms with E-state index in [9.17, 15) is 4.79 Å². The minimum atomic E-state index is -0.0332. The van der Waals surface area contributed by atoms with Crippen LogP contribution in [0.5, 0.6) is 0 Å². The molecule has 5 rings (SSSR count). The molecule has 152 valence electrons. The van der Waals surface area contributed by atoms with Crippen LogP contribution in [-0.4, -0.2) is 32.5 Å². The lowest BCUT2D eigenvalue weighted by molar-refractivity contribution is 0.0738. The zero-order valence-electron chi connectivity index (χ0n) is 16.6. The molecule has 4 aromatic rings. The van der Waals surface area contributed by atoms with Crippen LogP contribution < -0.4 is 0 Å². The summed E-state index contributed by atoms with van der Waals surface area (Å²) >= 11 is 6.40. The lowest BCUT2D eigenvalue weighted by atomic mass is 10.1. The highest BCUT2D eigenvalue weighted by molar-refractivity contribution is 6.31. The summed E-state index contributed by atoms with van der Waals surface area (Å²) in [5.41, 5.74) is 6.01. The molecule has 5 nitrogen and oxygen atoms in total. The van der Waals surface area contributed by atoms with Gasteiger partial charge in [-0.2, -0.15) is 5.10 Å². The molecule has 0 radical (unpaired) electrons. The van der Waals surface area contributed by atoms with E-state index in [0.717, 1.165) is 48.0 Å². The third-order valence-electron chi connectivity index (χ3n) is 5.94. The normalized spacial score (nSPS) is 13.0. The number of H-pyrrole nitrogens is 2. The van der Waals surface area contributed by atoms with Gasteiger partial charge in [-0.15, -0.1) is 0 Å². The molecule has 1 aliphatic carbocycles. The van der Waals surface area contributed by atoms with Crippen molar-refractivity contribution in [3.63, 3.8) is 0 Å². The predicted octanol–water partition coefficient (Wildman–Crippen LogP) is 4.92. The first-order valence-electron chi connectivity index (χ1n) is 10.3. The first-order chi connectivity index (χ1) is 14.7. The molecule has 0 atom stereocenters. The number of halogens is 1. The fraction of sp³-hybridized carbons (Fsp3) is 0.250. The average Bonchev–Trinajstić information content (AvgIpc) is 3.48. The molecule has 2 heterocycles. The average molecular weight is 419 g/mol. The summed E-state index contributed by atoms with van der Waals surface area (Å²) in [7, 11) is 0. The Hall–Kier alpha value is -3.05. The van der Waals surface area contributed by atoms with Gasteiger partial charge in [0.2, 0.25) is 0 Å². The Kier molecular flexibility index (Phi) is 5.05. The monoisotopic (exact) mass is 418 g/mol. The van der Waals surface area contributed by atoms with Crippen molar-refractivity contribution in [1.29, 1.82) is 0 Å². The highest BCUT2D eigenvalue weighted by atomic mass is 35.5. The summed E-state index contributed by atoms with van der Waals surface area (Å²) in [6.45, 7) is 1.05. The number of aromatic amines is 2. The molecule has 0 saturated carbocycles. The van der Waals surface area contributed by atoms with Crippen LogP contribution >= 0.6 is 11.6 Å². The summed E-state index contributed by atoms with van der Waals surface area (Å²) in [5.74, 6) is -0.0332. The van der Waals surface area contributed by atoms with Crippen LogP contribution in [0, 0.1) is 0 Å². The molecule has 2 N–H and O–H groups in total. The second-order valence-corrected chi connectivity index (χ2v) is 8.22. The maximum Gasteiger partial charge on any atom is 0.274 e. The van der Waals surface area contributed by atoms with Gasteiger partial charge in [-0.25, -0.2) is 0 Å². The largest absolute Gasteiger partial charge is 0.361 e. The second kappa shape index (κ2) is 8.00. The molecule has 30 heavy (non-hydrogen) atoms. The van der Waals surface area contributed by atoms with E-state index in [4.69, 9.17) is 11.6 Å². The van der Waals surface area contributed by atoms with E-state index >= 15 is 0 Å². The maximum absolute atomic E-state index is 13.5. The molecule has 1 amide bonds. The van der Waals surface area contributed by atoms with Gasteiger partial charge in [-0.1, -0.05) is 48.0 Å². The molecule has 2 aromatic heterocycles. The van der Waals surface area contributed by atoms with E-state index < -0.39 is 0 Å². The quantitative estimate of drug-likeness (QED) is 0.467. The number of aromatic nitrogens is 3. The first-order valence-corrected chi connectivity index (χ1v) is 10.7. The Morgan fingerprint density at radius 2 is 1.90 bits per heavy atom. The summed E-state index contributed by atoms with van der Waals surface area (Å²) in [6, 6.07) is 15.9. The summed E-state index contributed by atoms with van der Waals surface area (Å²) < 4.78 is 0. The Morgan fingerprint density at radius 3 is 2.80 bits per heavy atom. The van der Waals surface area contributed by atoms with Crippen LogP contribution in [-0.2, 0) is 25.8 Å². The lowest BCUT2D eigenvalue weighted by Gasteiger charge is -2.23. The topological polar surface area (TPSA) is 64.8 Å². The van der Waals surface area contributed by atoms with Gasteiger partial charge >= 0.3 is 0 Å². The number of rotatable bonds is 6. The van der Waals surface area contributed by atoms with E-state index in [1.165, 1.54) is 10.9 Å². The van der Waals surface area contributed by atoms with E-state index in [1.807, 2.05) is 47.5 Å². The van der Waals surface area contributed by atoms with Gasteiger partial charge in [0.15, 0.2) is 5.69 Å². The van der Waals surface area contributed by atoms with Gasteiger partial charge in [0.1, 0.15) is 0 Å². The van der Waals surface area contributed by atoms with Crippen molar-refractivity contribution in [2.24, 2.45) is 0 Å². The van der Waals surface area contributed by atoms with E-state index in [1.54, 1.807) is 0 Å². The lowest BCUT2D eigenvalue weighted by Crippen LogP contribution is -2.33. The number of carbonyl (C=O) groups excluding carboxylic acids is 1. The summed E-state index contributed by atoms with van der Waals surface area (Å²) in [6.07, 6.45) is 5.75. The number of benzene rings is 2. The molecular formula is C24H23ClN4O. The van der Waals surface area contributed by atoms with Crippen LogP contribution in [0.25, 0.3) is 10.9 Å². The number of amides is 1. The predicted molar refractivity (Wildman–Crippen MR) is 119 cm³/mol. The number of fused-ring (bicyclic) bond motifs is 2. The van der Waals surface area contributed by atoms with Crippen molar-refractivity contribution >= 4 is 28.4 Å². The van der Waals surface area contributed by atoms with Crippen molar-refractivity contribution in [1.82, 2.24) is 20.1 Å². The number of nitrogens with zero attached hydrogens (tertiary/aromatic N) is 2. The smallest absolute Gasteiger partial charge is 0.274 e. The minimum absolute atomic E-state index is 0.0332. The summed E-state index contributed by atoms with van der Waals surface area (Å²) in [4.78, 5) is 18.7. The number of carbonyl (C=O) groups is 1. The first kappa shape index (κ1) is 18.9. The van der Waals surface area contributed by atoms with Crippen LogP contribution in [0.15, 0.2) is 54.7 Å². The number of hydrogen-bond acceptors (Lipinski definition) is 2. The minimum Gasteiger partial charge on any atom is -0.361 e. The standard InChI is InChI=1S/C24H23ClN4O/c25-20-9-3-1-6-17(20)15-29(24(30)23-19-8-5-11-22(19)27-28-23)13-12-16-14-26-21-10-4-2-7-18(16)21/h1-4,6-7,9-10,14,26H,5,8,11-13,15H2,(H,27,28). The molecule has 0 saturated heterocycles. The zero-order chi connectivity index (χ0) is 20.5. The highest BCUT2D eigenvalue weighted by Gasteiger charge is 2.27. The van der Waals surface area contributed by atoms with Crippen molar-refractivity contribution < 1.29 is 4.79 Å². The van der Waals surface area contributed by atoms with Crippen LogP contribution in [0.2, 0.25) is 5.02 Å². The van der Waals surface area contributed by atoms with E-state index in [0.29, 0.717) is 23.8 Å². The van der Waals surface area contributed by atoms with Crippen molar-refractivity contribution in [3.05, 3.63) is 87.8 Å².